The van der Waals surface area contributed by atoms with Crippen LogP contribution in [-0.4, -0.2) is 31.6 Å². The van der Waals surface area contributed by atoms with Crippen molar-refractivity contribution in [2.24, 2.45) is 5.73 Å². The van der Waals surface area contributed by atoms with Crippen LogP contribution in [-0.2, 0) is 14.6 Å². The van der Waals surface area contributed by atoms with Gasteiger partial charge in [-0.3, -0.25) is 0 Å². The van der Waals surface area contributed by atoms with Gasteiger partial charge in [-0.2, -0.15) is 0 Å². The minimum absolute atomic E-state index is 0.239. The molecule has 0 bridgehead atoms. The third kappa shape index (κ3) is 2.90. The minimum atomic E-state index is -3.30. The van der Waals surface area contributed by atoms with E-state index in [-0.39, 0.29) is 6.10 Å². The summed E-state index contributed by atoms with van der Waals surface area (Å²) >= 11 is 0. The van der Waals surface area contributed by atoms with Crippen LogP contribution in [0.25, 0.3) is 0 Å². The lowest BCUT2D eigenvalue weighted by atomic mass is 10.0. The molecule has 4 atom stereocenters. The van der Waals surface area contributed by atoms with E-state index in [1.54, 1.807) is 0 Å². The molecule has 1 aromatic rings. The van der Waals surface area contributed by atoms with Crippen LogP contribution < -0.4 is 5.73 Å². The van der Waals surface area contributed by atoms with Gasteiger partial charge in [-0.05, 0) is 25.3 Å². The second kappa shape index (κ2) is 6.24. The maximum absolute atomic E-state index is 12.8. The molecule has 0 spiro atoms. The quantitative estimate of drug-likeness (QED) is 0.903. The van der Waals surface area contributed by atoms with Gasteiger partial charge in [-0.1, -0.05) is 37.3 Å². The Morgan fingerprint density at radius 1 is 1.35 bits per heavy atom. The second-order valence-electron chi connectivity index (χ2n) is 5.38. The first kappa shape index (κ1) is 15.5. The van der Waals surface area contributed by atoms with Crippen molar-refractivity contribution in [2.75, 3.05) is 6.61 Å². The molecular weight excluding hydrogens is 274 g/mol. The Kier molecular flexibility index (Phi) is 4.83. The van der Waals surface area contributed by atoms with Crippen molar-refractivity contribution in [3.05, 3.63) is 35.9 Å². The Hall–Kier alpha value is -0.910. The summed E-state index contributed by atoms with van der Waals surface area (Å²) in [6, 6.07) is 8.96. The minimum Gasteiger partial charge on any atom is -0.377 e. The summed E-state index contributed by atoms with van der Waals surface area (Å²) in [5, 5.41) is -0.985. The molecule has 1 aromatic carbocycles. The van der Waals surface area contributed by atoms with E-state index in [1.165, 1.54) is 0 Å². The number of hydrogen-bond donors (Lipinski definition) is 1. The number of ether oxygens (including phenoxy) is 1. The molecule has 0 aromatic heterocycles. The van der Waals surface area contributed by atoms with Crippen molar-refractivity contribution in [2.45, 2.75) is 49.3 Å². The van der Waals surface area contributed by atoms with E-state index in [1.807, 2.05) is 44.2 Å². The third-order valence-electron chi connectivity index (χ3n) is 4.14. The summed E-state index contributed by atoms with van der Waals surface area (Å²) in [6.07, 6.45) is 0.848. The second-order valence-corrected chi connectivity index (χ2v) is 7.76. The highest BCUT2D eigenvalue weighted by Gasteiger charge is 2.42. The molecular formula is C15H23NO3S. The first-order chi connectivity index (χ1) is 9.48. The Morgan fingerprint density at radius 2 is 2.00 bits per heavy atom. The molecule has 20 heavy (non-hydrogen) atoms. The van der Waals surface area contributed by atoms with Crippen LogP contribution >= 0.6 is 0 Å². The molecule has 0 amide bonds. The molecule has 2 rings (SSSR count). The van der Waals surface area contributed by atoms with Gasteiger partial charge in [0.25, 0.3) is 0 Å². The molecule has 1 heterocycles. The van der Waals surface area contributed by atoms with Crippen LogP contribution in [0.1, 0.15) is 38.3 Å². The molecule has 112 valence electrons. The molecule has 0 radical (unpaired) electrons. The van der Waals surface area contributed by atoms with Crippen LogP contribution in [0.15, 0.2) is 30.3 Å². The third-order valence-corrected chi connectivity index (χ3v) is 7.07. The molecule has 0 aliphatic carbocycles. The predicted octanol–water partition coefficient (Wildman–Crippen LogP) is 2.06. The molecule has 4 nitrogen and oxygen atoms in total. The van der Waals surface area contributed by atoms with Crippen molar-refractivity contribution < 1.29 is 13.2 Å². The average Bonchev–Trinajstić information content (AvgIpc) is 2.87. The molecule has 1 fully saturated rings. The highest BCUT2D eigenvalue weighted by Crippen LogP contribution is 2.31. The lowest BCUT2D eigenvalue weighted by molar-refractivity contribution is 0.126. The van der Waals surface area contributed by atoms with E-state index in [0.717, 1.165) is 5.56 Å². The summed E-state index contributed by atoms with van der Waals surface area (Å²) in [4.78, 5) is 0. The van der Waals surface area contributed by atoms with E-state index >= 15 is 0 Å². The molecule has 0 saturated carbocycles. The van der Waals surface area contributed by atoms with Crippen molar-refractivity contribution in [3.8, 4) is 0 Å². The van der Waals surface area contributed by atoms with Gasteiger partial charge in [0.1, 0.15) is 0 Å². The topological polar surface area (TPSA) is 69.4 Å². The van der Waals surface area contributed by atoms with E-state index in [4.69, 9.17) is 10.5 Å². The monoisotopic (exact) mass is 297 g/mol. The maximum Gasteiger partial charge on any atom is 0.160 e. The normalized spacial score (nSPS) is 26.4. The van der Waals surface area contributed by atoms with Gasteiger partial charge in [-0.25, -0.2) is 8.42 Å². The Bertz CT molecular complexity index is 529. The van der Waals surface area contributed by atoms with Gasteiger partial charge in [-0.15, -0.1) is 0 Å². The molecule has 1 saturated heterocycles. The van der Waals surface area contributed by atoms with Gasteiger partial charge >= 0.3 is 0 Å². The Morgan fingerprint density at radius 3 is 2.50 bits per heavy atom. The summed E-state index contributed by atoms with van der Waals surface area (Å²) in [5.74, 6) is 0. The predicted molar refractivity (Wildman–Crippen MR) is 80.2 cm³/mol. The Balaban J connectivity index is 2.27. The molecule has 2 N–H and O–H groups in total. The van der Waals surface area contributed by atoms with Crippen molar-refractivity contribution in [1.82, 2.24) is 0 Å². The zero-order valence-electron chi connectivity index (χ0n) is 12.0. The molecule has 1 aliphatic heterocycles. The van der Waals surface area contributed by atoms with E-state index in [2.05, 4.69) is 0 Å². The zero-order chi connectivity index (χ0) is 14.8. The van der Waals surface area contributed by atoms with Gasteiger partial charge in [0.15, 0.2) is 9.84 Å². The van der Waals surface area contributed by atoms with Crippen molar-refractivity contribution >= 4 is 9.84 Å². The Labute approximate surface area is 121 Å². The van der Waals surface area contributed by atoms with Crippen LogP contribution in [0.2, 0.25) is 0 Å². The van der Waals surface area contributed by atoms with Crippen molar-refractivity contribution in [3.63, 3.8) is 0 Å². The summed E-state index contributed by atoms with van der Waals surface area (Å²) in [5.41, 5.74) is 7.10. The van der Waals surface area contributed by atoms with Crippen LogP contribution in [0, 0.1) is 0 Å². The highest BCUT2D eigenvalue weighted by molar-refractivity contribution is 7.92. The number of rotatable bonds is 5. The van der Waals surface area contributed by atoms with Crippen LogP contribution in [0.5, 0.6) is 0 Å². The number of sulfone groups is 1. The highest BCUT2D eigenvalue weighted by atomic mass is 32.2. The fraction of sp³-hybridized carbons (Fsp3) is 0.600. The van der Waals surface area contributed by atoms with Gasteiger partial charge in [0.2, 0.25) is 0 Å². The number of hydrogen-bond acceptors (Lipinski definition) is 4. The van der Waals surface area contributed by atoms with E-state index in [0.29, 0.717) is 19.4 Å². The van der Waals surface area contributed by atoms with Crippen LogP contribution in [0.3, 0.4) is 0 Å². The van der Waals surface area contributed by atoms with Gasteiger partial charge < -0.3 is 10.5 Å². The average molecular weight is 297 g/mol. The van der Waals surface area contributed by atoms with Gasteiger partial charge in [0, 0.05) is 12.6 Å². The largest absolute Gasteiger partial charge is 0.377 e. The lowest BCUT2D eigenvalue weighted by Crippen LogP contribution is -2.41. The molecule has 5 heteroatoms. The summed E-state index contributed by atoms with van der Waals surface area (Å²) in [7, 11) is -3.30. The fourth-order valence-corrected chi connectivity index (χ4v) is 5.47. The first-order valence-corrected chi connectivity index (χ1v) is 8.74. The van der Waals surface area contributed by atoms with Crippen molar-refractivity contribution in [1.29, 1.82) is 0 Å². The smallest absolute Gasteiger partial charge is 0.160 e. The van der Waals surface area contributed by atoms with E-state index in [9.17, 15) is 8.42 Å². The SMILES string of the molecule is CCC(C(N)c1ccccc1)S(=O)(=O)C1CCOC1C. The fourth-order valence-electron chi connectivity index (χ4n) is 2.95. The van der Waals surface area contributed by atoms with E-state index < -0.39 is 26.4 Å². The molecule has 1 aliphatic rings. The van der Waals surface area contributed by atoms with Crippen LogP contribution in [0.4, 0.5) is 0 Å². The summed E-state index contributed by atoms with van der Waals surface area (Å²) in [6.45, 7) is 4.23. The lowest BCUT2D eigenvalue weighted by Gasteiger charge is -2.27. The number of benzene rings is 1. The standard InChI is InChI=1S/C15H23NO3S/c1-3-13(15(16)12-7-5-4-6-8-12)20(17,18)14-9-10-19-11(14)2/h4-8,11,13-15H,3,9-10,16H2,1-2H3. The zero-order valence-corrected chi connectivity index (χ0v) is 12.8. The maximum atomic E-state index is 12.8. The summed E-state index contributed by atoms with van der Waals surface area (Å²) < 4.78 is 31.1. The molecule has 4 unspecified atom stereocenters. The van der Waals surface area contributed by atoms with Gasteiger partial charge in [0.05, 0.1) is 16.6 Å². The number of nitrogens with two attached hydrogens (primary N) is 1. The first-order valence-electron chi connectivity index (χ1n) is 7.13.